The standard InChI is InChI=1S/C19H30N2O4/c1-14(2)21(16-6-4-7-20-13-16)19(23)15-10-17(22)12-18(11-15)25-9-5-8-24-3/h10-12,14,16,20,22H,4-9,13H2,1-3H3/t16-/m1/s1. The van der Waals surface area contributed by atoms with Gasteiger partial charge < -0.3 is 24.8 Å². The van der Waals surface area contributed by atoms with Gasteiger partial charge in [0.2, 0.25) is 0 Å². The number of aromatic hydroxyl groups is 1. The Balaban J connectivity index is 2.13. The normalized spacial score (nSPS) is 17.5. The molecule has 1 saturated heterocycles. The third-order valence-electron chi connectivity index (χ3n) is 4.35. The van der Waals surface area contributed by atoms with Gasteiger partial charge in [0.25, 0.3) is 5.91 Å². The Morgan fingerprint density at radius 2 is 2.16 bits per heavy atom. The second-order valence-electron chi connectivity index (χ2n) is 6.72. The van der Waals surface area contributed by atoms with Crippen molar-refractivity contribution in [2.45, 2.75) is 45.2 Å². The molecule has 140 valence electrons. The number of phenolic OH excluding ortho intramolecular Hbond substituents is 1. The van der Waals surface area contributed by atoms with Crippen molar-refractivity contribution < 1.29 is 19.4 Å². The van der Waals surface area contributed by atoms with Gasteiger partial charge in [-0.3, -0.25) is 4.79 Å². The van der Waals surface area contributed by atoms with Gasteiger partial charge in [0.15, 0.2) is 0 Å². The topological polar surface area (TPSA) is 71.0 Å². The fraction of sp³-hybridized carbons (Fsp3) is 0.632. The molecule has 1 aromatic carbocycles. The molecule has 1 amide bonds. The van der Waals surface area contributed by atoms with Crippen LogP contribution >= 0.6 is 0 Å². The van der Waals surface area contributed by atoms with Crippen LogP contribution in [0.15, 0.2) is 18.2 Å². The SMILES string of the molecule is COCCCOc1cc(O)cc(C(=O)N(C(C)C)[C@@H]2CCCNC2)c1. The second-order valence-corrected chi connectivity index (χ2v) is 6.72. The van der Waals surface area contributed by atoms with Crippen molar-refractivity contribution in [1.82, 2.24) is 10.2 Å². The van der Waals surface area contributed by atoms with E-state index in [1.54, 1.807) is 13.2 Å². The number of nitrogens with one attached hydrogen (secondary N) is 1. The van der Waals surface area contributed by atoms with Gasteiger partial charge in [0, 0.05) is 50.4 Å². The first kappa shape index (κ1) is 19.5. The molecule has 6 nitrogen and oxygen atoms in total. The molecule has 0 aliphatic carbocycles. The highest BCUT2D eigenvalue weighted by atomic mass is 16.5. The number of piperidine rings is 1. The molecule has 1 aliphatic heterocycles. The van der Waals surface area contributed by atoms with Crippen LogP contribution in [0.3, 0.4) is 0 Å². The third-order valence-corrected chi connectivity index (χ3v) is 4.35. The highest BCUT2D eigenvalue weighted by Crippen LogP contribution is 2.25. The maximum absolute atomic E-state index is 13.1. The van der Waals surface area contributed by atoms with Crippen LogP contribution in [0.4, 0.5) is 0 Å². The van der Waals surface area contributed by atoms with E-state index in [0.717, 1.165) is 32.4 Å². The predicted octanol–water partition coefficient (Wildman–Crippen LogP) is 2.41. The highest BCUT2D eigenvalue weighted by Gasteiger charge is 2.28. The number of carbonyl (C=O) groups is 1. The number of ether oxygens (including phenoxy) is 2. The zero-order chi connectivity index (χ0) is 18.2. The minimum absolute atomic E-state index is 0.0399. The fourth-order valence-electron chi connectivity index (χ4n) is 3.23. The smallest absolute Gasteiger partial charge is 0.254 e. The zero-order valence-electron chi connectivity index (χ0n) is 15.5. The Labute approximate surface area is 150 Å². The van der Waals surface area contributed by atoms with E-state index in [1.165, 1.54) is 12.1 Å². The molecule has 0 bridgehead atoms. The largest absolute Gasteiger partial charge is 0.508 e. The third kappa shape index (κ3) is 5.61. The predicted molar refractivity (Wildman–Crippen MR) is 97.3 cm³/mol. The van der Waals surface area contributed by atoms with E-state index in [9.17, 15) is 9.90 Å². The van der Waals surface area contributed by atoms with Crippen molar-refractivity contribution >= 4 is 5.91 Å². The summed E-state index contributed by atoms with van der Waals surface area (Å²) in [5.41, 5.74) is 0.459. The molecular formula is C19H30N2O4. The van der Waals surface area contributed by atoms with Gasteiger partial charge in [-0.15, -0.1) is 0 Å². The van der Waals surface area contributed by atoms with E-state index in [0.29, 0.717) is 24.5 Å². The van der Waals surface area contributed by atoms with Crippen molar-refractivity contribution in [3.63, 3.8) is 0 Å². The number of phenols is 1. The summed E-state index contributed by atoms with van der Waals surface area (Å²) in [6.07, 6.45) is 2.81. The van der Waals surface area contributed by atoms with Gasteiger partial charge in [0.05, 0.1) is 6.61 Å². The van der Waals surface area contributed by atoms with E-state index >= 15 is 0 Å². The molecule has 1 atom stereocenters. The molecule has 0 unspecified atom stereocenters. The molecule has 0 spiro atoms. The summed E-state index contributed by atoms with van der Waals surface area (Å²) in [5, 5.41) is 13.3. The molecule has 0 aromatic heterocycles. The van der Waals surface area contributed by atoms with Crippen LogP contribution < -0.4 is 10.1 Å². The number of amides is 1. The van der Waals surface area contributed by atoms with Gasteiger partial charge in [0.1, 0.15) is 11.5 Å². The van der Waals surface area contributed by atoms with Crippen LogP contribution in [0.1, 0.15) is 43.5 Å². The van der Waals surface area contributed by atoms with Crippen molar-refractivity contribution in [3.8, 4) is 11.5 Å². The molecule has 0 saturated carbocycles. The second kappa shape index (κ2) is 9.63. The van der Waals surface area contributed by atoms with Crippen molar-refractivity contribution in [2.75, 3.05) is 33.4 Å². The number of benzene rings is 1. The quantitative estimate of drug-likeness (QED) is 0.705. The molecule has 1 aliphatic rings. The first-order valence-electron chi connectivity index (χ1n) is 9.02. The van der Waals surface area contributed by atoms with Gasteiger partial charge in [-0.05, 0) is 45.4 Å². The van der Waals surface area contributed by atoms with Crippen LogP contribution in [0, 0.1) is 0 Å². The van der Waals surface area contributed by atoms with E-state index in [-0.39, 0.29) is 23.7 Å². The molecule has 2 N–H and O–H groups in total. The molecule has 25 heavy (non-hydrogen) atoms. The summed E-state index contributed by atoms with van der Waals surface area (Å²) in [6, 6.07) is 5.02. The first-order valence-corrected chi connectivity index (χ1v) is 9.02. The highest BCUT2D eigenvalue weighted by molar-refractivity contribution is 5.95. The minimum atomic E-state index is -0.0682. The maximum atomic E-state index is 13.1. The lowest BCUT2D eigenvalue weighted by Gasteiger charge is -2.37. The first-order chi connectivity index (χ1) is 12.0. The van der Waals surface area contributed by atoms with E-state index < -0.39 is 0 Å². The zero-order valence-corrected chi connectivity index (χ0v) is 15.5. The van der Waals surface area contributed by atoms with Crippen LogP contribution in [0.25, 0.3) is 0 Å². The van der Waals surface area contributed by atoms with E-state index in [4.69, 9.17) is 9.47 Å². The van der Waals surface area contributed by atoms with Gasteiger partial charge >= 0.3 is 0 Å². The van der Waals surface area contributed by atoms with Crippen LogP contribution in [0.2, 0.25) is 0 Å². The van der Waals surface area contributed by atoms with Crippen molar-refractivity contribution in [3.05, 3.63) is 23.8 Å². The van der Waals surface area contributed by atoms with Gasteiger partial charge in [-0.1, -0.05) is 0 Å². The average molecular weight is 350 g/mol. The summed E-state index contributed by atoms with van der Waals surface area (Å²) >= 11 is 0. The summed E-state index contributed by atoms with van der Waals surface area (Å²) < 4.78 is 10.6. The number of rotatable bonds is 8. The van der Waals surface area contributed by atoms with Crippen molar-refractivity contribution in [1.29, 1.82) is 0 Å². The lowest BCUT2D eigenvalue weighted by molar-refractivity contribution is 0.0572. The van der Waals surface area contributed by atoms with Crippen LogP contribution in [0.5, 0.6) is 11.5 Å². The Bertz CT molecular complexity index is 556. The lowest BCUT2D eigenvalue weighted by Crippen LogP contribution is -2.51. The Kier molecular flexibility index (Phi) is 7.52. The number of carbonyl (C=O) groups excluding carboxylic acids is 1. The summed E-state index contributed by atoms with van der Waals surface area (Å²) in [6.45, 7) is 6.95. The Hall–Kier alpha value is -1.79. The Morgan fingerprint density at radius 1 is 1.36 bits per heavy atom. The van der Waals surface area contributed by atoms with E-state index in [2.05, 4.69) is 5.32 Å². The number of methoxy groups -OCH3 is 1. The molecule has 0 radical (unpaired) electrons. The fourth-order valence-corrected chi connectivity index (χ4v) is 3.23. The molecule has 1 fully saturated rings. The molecular weight excluding hydrogens is 320 g/mol. The molecule has 1 aromatic rings. The van der Waals surface area contributed by atoms with Crippen LogP contribution in [-0.4, -0.2) is 61.4 Å². The number of hydrogen-bond donors (Lipinski definition) is 2. The summed E-state index contributed by atoms with van der Waals surface area (Å²) in [5.74, 6) is 0.476. The lowest BCUT2D eigenvalue weighted by atomic mass is 10.0. The van der Waals surface area contributed by atoms with E-state index in [1.807, 2.05) is 18.7 Å². The summed E-state index contributed by atoms with van der Waals surface area (Å²) in [7, 11) is 1.64. The monoisotopic (exact) mass is 350 g/mol. The van der Waals surface area contributed by atoms with Crippen LogP contribution in [-0.2, 0) is 4.74 Å². The number of nitrogens with zero attached hydrogens (tertiary/aromatic N) is 1. The number of hydrogen-bond acceptors (Lipinski definition) is 5. The average Bonchev–Trinajstić information content (AvgIpc) is 2.59. The minimum Gasteiger partial charge on any atom is -0.508 e. The van der Waals surface area contributed by atoms with Gasteiger partial charge in [-0.25, -0.2) is 0 Å². The Morgan fingerprint density at radius 3 is 2.80 bits per heavy atom. The molecule has 6 heteroatoms. The van der Waals surface area contributed by atoms with Gasteiger partial charge in [-0.2, -0.15) is 0 Å². The maximum Gasteiger partial charge on any atom is 0.254 e. The molecule has 1 heterocycles. The summed E-state index contributed by atoms with van der Waals surface area (Å²) in [4.78, 5) is 15.0. The molecule has 2 rings (SSSR count). The van der Waals surface area contributed by atoms with Crippen molar-refractivity contribution in [2.24, 2.45) is 0 Å².